The van der Waals surface area contributed by atoms with E-state index < -0.39 is 0 Å². The maximum absolute atomic E-state index is 12.0. The summed E-state index contributed by atoms with van der Waals surface area (Å²) in [4.78, 5) is 13.5. The van der Waals surface area contributed by atoms with Crippen LogP contribution < -0.4 is 10.1 Å². The van der Waals surface area contributed by atoms with Crippen molar-refractivity contribution < 1.29 is 19.4 Å². The minimum atomic E-state index is -0.278. The molecule has 0 aromatic heterocycles. The number of ether oxygens (including phenoxy) is 2. The Morgan fingerprint density at radius 1 is 1.37 bits per heavy atom. The highest BCUT2D eigenvalue weighted by atomic mass is 16.5. The molecule has 1 aromatic carbocycles. The second-order valence-electron chi connectivity index (χ2n) is 3.87. The van der Waals surface area contributed by atoms with Crippen molar-refractivity contribution in [2.24, 2.45) is 0 Å². The first-order valence-electron chi connectivity index (χ1n) is 6.01. The number of methoxy groups -OCH3 is 2. The largest absolute Gasteiger partial charge is 0.497 e. The molecule has 0 fully saturated rings. The summed E-state index contributed by atoms with van der Waals surface area (Å²) in [5.41, 5.74) is 0.643. The minimum Gasteiger partial charge on any atom is -0.497 e. The van der Waals surface area contributed by atoms with Gasteiger partial charge in [-0.1, -0.05) is 6.07 Å². The third-order valence-electron chi connectivity index (χ3n) is 2.54. The zero-order chi connectivity index (χ0) is 14.1. The topological polar surface area (TPSA) is 71.0 Å². The first-order valence-corrected chi connectivity index (χ1v) is 6.01. The number of anilines is 1. The third kappa shape index (κ3) is 5.15. The molecule has 0 bridgehead atoms. The van der Waals surface area contributed by atoms with Crippen LogP contribution in [0.5, 0.6) is 5.75 Å². The lowest BCUT2D eigenvalue weighted by atomic mass is 10.3. The molecule has 0 aliphatic rings. The van der Waals surface area contributed by atoms with Gasteiger partial charge in [-0.2, -0.15) is 0 Å². The van der Waals surface area contributed by atoms with Crippen LogP contribution in [0.25, 0.3) is 0 Å². The monoisotopic (exact) mass is 268 g/mol. The molecule has 0 aliphatic carbocycles. The summed E-state index contributed by atoms with van der Waals surface area (Å²) in [6, 6.07) is 6.81. The van der Waals surface area contributed by atoms with Crippen LogP contribution in [-0.4, -0.2) is 56.6 Å². The van der Waals surface area contributed by atoms with E-state index in [0.29, 0.717) is 24.6 Å². The second kappa shape index (κ2) is 8.34. The minimum absolute atomic E-state index is 0.0881. The van der Waals surface area contributed by atoms with Crippen LogP contribution >= 0.6 is 0 Å². The van der Waals surface area contributed by atoms with E-state index >= 15 is 0 Å². The number of urea groups is 1. The van der Waals surface area contributed by atoms with Gasteiger partial charge >= 0.3 is 6.03 Å². The van der Waals surface area contributed by atoms with Gasteiger partial charge in [0.15, 0.2) is 0 Å². The van der Waals surface area contributed by atoms with Crippen molar-refractivity contribution in [3.8, 4) is 5.75 Å². The van der Waals surface area contributed by atoms with Crippen LogP contribution in [0.1, 0.15) is 0 Å². The average Bonchev–Trinajstić information content (AvgIpc) is 2.43. The quantitative estimate of drug-likeness (QED) is 0.778. The van der Waals surface area contributed by atoms with Gasteiger partial charge in [0.1, 0.15) is 5.75 Å². The molecule has 0 heterocycles. The predicted molar refractivity (Wildman–Crippen MR) is 72.5 cm³/mol. The SMILES string of the molecule is COCCN(CCO)C(=O)Nc1cccc(OC)c1. The number of carbonyl (C=O) groups is 1. The van der Waals surface area contributed by atoms with Crippen molar-refractivity contribution in [2.45, 2.75) is 0 Å². The highest BCUT2D eigenvalue weighted by Crippen LogP contribution is 2.17. The molecule has 0 aliphatic heterocycles. The van der Waals surface area contributed by atoms with Crippen LogP contribution in [0, 0.1) is 0 Å². The number of carbonyl (C=O) groups excluding carboxylic acids is 1. The molecule has 0 radical (unpaired) electrons. The lowest BCUT2D eigenvalue weighted by Gasteiger charge is -2.21. The van der Waals surface area contributed by atoms with Gasteiger partial charge in [-0.05, 0) is 12.1 Å². The number of benzene rings is 1. The third-order valence-corrected chi connectivity index (χ3v) is 2.54. The van der Waals surface area contributed by atoms with Crippen molar-refractivity contribution in [3.63, 3.8) is 0 Å². The fraction of sp³-hybridized carbons (Fsp3) is 0.462. The number of aliphatic hydroxyl groups is 1. The molecule has 0 atom stereocenters. The summed E-state index contributed by atoms with van der Waals surface area (Å²) in [7, 11) is 3.13. The van der Waals surface area contributed by atoms with Gasteiger partial charge in [0.2, 0.25) is 0 Å². The second-order valence-corrected chi connectivity index (χ2v) is 3.87. The van der Waals surface area contributed by atoms with Crippen LogP contribution in [0.4, 0.5) is 10.5 Å². The number of aliphatic hydroxyl groups excluding tert-OH is 1. The van der Waals surface area contributed by atoms with Gasteiger partial charge in [-0.3, -0.25) is 0 Å². The summed E-state index contributed by atoms with van der Waals surface area (Å²) in [6.45, 7) is 1.02. The van der Waals surface area contributed by atoms with Crippen molar-refractivity contribution in [1.29, 1.82) is 0 Å². The first kappa shape index (κ1) is 15.3. The summed E-state index contributed by atoms with van der Waals surface area (Å²) in [5.74, 6) is 0.670. The molecule has 0 spiro atoms. The fourth-order valence-corrected chi connectivity index (χ4v) is 1.54. The van der Waals surface area contributed by atoms with E-state index in [9.17, 15) is 4.79 Å². The Bertz CT molecular complexity index is 398. The van der Waals surface area contributed by atoms with Crippen molar-refractivity contribution >= 4 is 11.7 Å². The lowest BCUT2D eigenvalue weighted by molar-refractivity contribution is 0.142. The fourth-order valence-electron chi connectivity index (χ4n) is 1.54. The molecule has 2 N–H and O–H groups in total. The number of nitrogens with one attached hydrogen (secondary N) is 1. The average molecular weight is 268 g/mol. The van der Waals surface area contributed by atoms with Crippen molar-refractivity contribution in [1.82, 2.24) is 4.90 Å². The molecule has 2 amide bonds. The van der Waals surface area contributed by atoms with Crippen molar-refractivity contribution in [3.05, 3.63) is 24.3 Å². The number of rotatable bonds is 7. The Morgan fingerprint density at radius 3 is 2.79 bits per heavy atom. The Kier molecular flexibility index (Phi) is 6.70. The molecule has 6 heteroatoms. The number of hydrogen-bond donors (Lipinski definition) is 2. The van der Waals surface area contributed by atoms with Gasteiger partial charge in [0.05, 0.1) is 20.3 Å². The summed E-state index contributed by atoms with van der Waals surface area (Å²) < 4.78 is 10.0. The Morgan fingerprint density at radius 2 is 2.16 bits per heavy atom. The molecular weight excluding hydrogens is 248 g/mol. The maximum atomic E-state index is 12.0. The zero-order valence-corrected chi connectivity index (χ0v) is 11.3. The highest BCUT2D eigenvalue weighted by molar-refractivity contribution is 5.89. The molecule has 1 rings (SSSR count). The number of nitrogens with zero attached hydrogens (tertiary/aromatic N) is 1. The Balaban J connectivity index is 2.63. The van der Waals surface area contributed by atoms with Gasteiger partial charge in [-0.25, -0.2) is 4.79 Å². The van der Waals surface area contributed by atoms with Crippen LogP contribution in [-0.2, 0) is 4.74 Å². The predicted octanol–water partition coefficient (Wildman–Crippen LogP) is 1.17. The number of hydrogen-bond acceptors (Lipinski definition) is 4. The Hall–Kier alpha value is -1.79. The molecule has 0 saturated carbocycles. The van der Waals surface area contributed by atoms with Crippen LogP contribution in [0.2, 0.25) is 0 Å². The maximum Gasteiger partial charge on any atom is 0.322 e. The van der Waals surface area contributed by atoms with Crippen LogP contribution in [0.3, 0.4) is 0 Å². The molecular formula is C13H20N2O4. The van der Waals surface area contributed by atoms with Gasteiger partial charge < -0.3 is 24.8 Å². The molecule has 6 nitrogen and oxygen atoms in total. The van der Waals surface area contributed by atoms with Gasteiger partial charge in [-0.15, -0.1) is 0 Å². The van der Waals surface area contributed by atoms with E-state index in [1.807, 2.05) is 0 Å². The summed E-state index contributed by atoms with van der Waals surface area (Å²) in [5, 5.41) is 11.7. The standard InChI is InChI=1S/C13H20N2O4/c1-18-9-7-15(6-8-16)13(17)14-11-4-3-5-12(10-11)19-2/h3-5,10,16H,6-9H2,1-2H3,(H,14,17). The van der Waals surface area contributed by atoms with Gasteiger partial charge in [0, 0.05) is 32.0 Å². The highest BCUT2D eigenvalue weighted by Gasteiger charge is 2.12. The molecule has 0 unspecified atom stereocenters. The van der Waals surface area contributed by atoms with E-state index in [1.54, 1.807) is 38.5 Å². The van der Waals surface area contributed by atoms with E-state index in [2.05, 4.69) is 5.32 Å². The molecule has 0 saturated heterocycles. The van der Waals surface area contributed by atoms with E-state index in [0.717, 1.165) is 0 Å². The zero-order valence-electron chi connectivity index (χ0n) is 11.3. The number of amides is 2. The molecule has 1 aromatic rings. The van der Waals surface area contributed by atoms with Crippen LogP contribution in [0.15, 0.2) is 24.3 Å². The molecule has 106 valence electrons. The normalized spacial score (nSPS) is 10.1. The van der Waals surface area contributed by atoms with Gasteiger partial charge in [0.25, 0.3) is 0 Å². The van der Waals surface area contributed by atoms with Crippen molar-refractivity contribution in [2.75, 3.05) is 45.8 Å². The smallest absolute Gasteiger partial charge is 0.322 e. The summed E-state index contributed by atoms with van der Waals surface area (Å²) in [6.07, 6.45) is 0. The first-order chi connectivity index (χ1) is 9.21. The summed E-state index contributed by atoms with van der Waals surface area (Å²) >= 11 is 0. The lowest BCUT2D eigenvalue weighted by Crippen LogP contribution is -2.39. The van der Waals surface area contributed by atoms with E-state index in [-0.39, 0.29) is 19.2 Å². The van der Waals surface area contributed by atoms with E-state index in [4.69, 9.17) is 14.6 Å². The Labute approximate surface area is 112 Å². The molecule has 19 heavy (non-hydrogen) atoms. The van der Waals surface area contributed by atoms with E-state index in [1.165, 1.54) is 4.90 Å².